The quantitative estimate of drug-likeness (QED) is 0.255. The predicted octanol–water partition coefficient (Wildman–Crippen LogP) is -2.97. The number of imidazole rings is 1. The van der Waals surface area contributed by atoms with E-state index >= 15 is 0 Å². The van der Waals surface area contributed by atoms with Gasteiger partial charge in [0.25, 0.3) is 5.91 Å². The average Bonchev–Trinajstić information content (AvgIpc) is 2.92. The molecule has 0 aromatic carbocycles. The summed E-state index contributed by atoms with van der Waals surface area (Å²) >= 11 is 0. The zero-order valence-corrected chi connectivity index (χ0v) is 12.3. The number of aromatic nitrogens is 2. The van der Waals surface area contributed by atoms with Crippen LogP contribution in [0.5, 0.6) is 6.01 Å². The van der Waals surface area contributed by atoms with Crippen LogP contribution in [-0.4, -0.2) is 67.3 Å². The number of nitrogen functional groups attached to an aromatic ring is 1. The Balaban J connectivity index is 2.06. The Bertz CT molecular complexity index is 637. The van der Waals surface area contributed by atoms with Crippen LogP contribution in [0.4, 0.5) is 5.82 Å². The number of phosphoric acid groups is 1. The van der Waals surface area contributed by atoms with E-state index in [-0.39, 0.29) is 11.5 Å². The number of carbonyl (C=O) groups is 1. The van der Waals surface area contributed by atoms with E-state index in [4.69, 9.17) is 21.3 Å². The van der Waals surface area contributed by atoms with Gasteiger partial charge in [0.1, 0.15) is 18.3 Å². The topological polar surface area (TPSA) is 223 Å². The molecule has 1 saturated heterocycles. The summed E-state index contributed by atoms with van der Waals surface area (Å²) in [4.78, 5) is 26.2. The molecule has 2 rings (SSSR count). The van der Waals surface area contributed by atoms with E-state index in [9.17, 15) is 24.5 Å². The largest absolute Gasteiger partial charge is 0.532 e. The number of primary amides is 1. The Morgan fingerprint density at radius 1 is 1.43 bits per heavy atom. The van der Waals surface area contributed by atoms with Crippen LogP contribution in [0.25, 0.3) is 0 Å². The molecular weight excluding hydrogens is 339 g/mol. The van der Waals surface area contributed by atoms with Crippen molar-refractivity contribution < 1.29 is 43.4 Å². The first-order valence-electron chi connectivity index (χ1n) is 6.13. The second-order valence-electron chi connectivity index (χ2n) is 4.54. The van der Waals surface area contributed by atoms with Gasteiger partial charge in [-0.3, -0.25) is 9.69 Å². The lowest BCUT2D eigenvalue weighted by Crippen LogP contribution is -2.34. The molecule has 9 N–H and O–H groups in total. The van der Waals surface area contributed by atoms with Crippen molar-refractivity contribution in [3.8, 4) is 6.01 Å². The number of rotatable bonds is 6. The lowest BCUT2D eigenvalue weighted by molar-refractivity contribution is -0.125. The predicted molar refractivity (Wildman–Crippen MR) is 70.8 cm³/mol. The van der Waals surface area contributed by atoms with E-state index in [0.717, 1.165) is 0 Å². The minimum absolute atomic E-state index is 0.340. The van der Waals surface area contributed by atoms with Gasteiger partial charge in [0.15, 0.2) is 17.8 Å². The Hall–Kier alpha value is -1.73. The Morgan fingerprint density at radius 3 is 2.57 bits per heavy atom. The highest BCUT2D eigenvalue weighted by Crippen LogP contribution is 2.46. The van der Waals surface area contributed by atoms with Gasteiger partial charge in [-0.2, -0.15) is 4.98 Å². The number of aliphatic hydroxyl groups excluding tert-OH is 3. The summed E-state index contributed by atoms with van der Waals surface area (Å²) < 4.78 is 25.8. The van der Waals surface area contributed by atoms with E-state index in [1.54, 1.807) is 0 Å². The number of nitrogens with one attached hydrogen (secondary N) is 1. The first kappa shape index (κ1) is 17.6. The van der Waals surface area contributed by atoms with Gasteiger partial charge in [0, 0.05) is 0 Å². The number of phosphoric ester groups is 1. The van der Waals surface area contributed by atoms with Crippen molar-refractivity contribution in [3.63, 3.8) is 0 Å². The summed E-state index contributed by atoms with van der Waals surface area (Å²) in [6.07, 6.45) is -6.15. The summed E-state index contributed by atoms with van der Waals surface area (Å²) in [5.41, 5.74) is 9.98. The van der Waals surface area contributed by atoms with Crippen LogP contribution >= 0.6 is 7.82 Å². The lowest BCUT2D eigenvalue weighted by atomic mass is 10.1. The third-order valence-corrected chi connectivity index (χ3v) is 3.77. The smallest absolute Gasteiger partial charge is 0.394 e. The van der Waals surface area contributed by atoms with Crippen molar-refractivity contribution in [1.82, 2.24) is 9.97 Å². The number of hydrogen-bond acceptors (Lipinski definition) is 10. The Kier molecular flexibility index (Phi) is 4.91. The summed E-state index contributed by atoms with van der Waals surface area (Å²) in [7, 11) is -4.88. The zero-order valence-electron chi connectivity index (χ0n) is 11.4. The number of anilines is 1. The first-order valence-corrected chi connectivity index (χ1v) is 7.62. The Morgan fingerprint density at radius 2 is 2.09 bits per heavy atom. The summed E-state index contributed by atoms with van der Waals surface area (Å²) in [6, 6.07) is -0.631. The summed E-state index contributed by atoms with van der Waals surface area (Å²) in [6.45, 7) is -0.647. The number of nitrogens with two attached hydrogens (primary N) is 2. The van der Waals surface area contributed by atoms with Crippen molar-refractivity contribution in [3.05, 3.63) is 5.69 Å². The number of ether oxygens (including phenoxy) is 1. The maximum atomic E-state index is 11.8. The summed E-state index contributed by atoms with van der Waals surface area (Å²) in [5.74, 6) is -1.33. The second-order valence-corrected chi connectivity index (χ2v) is 5.87. The number of H-pyrrole nitrogens is 1. The number of amides is 1. The standard InChI is InChI=1S/C9H15N4O9P/c10-6-3(7(11)17)12-9(13-6)22-23(18,19)21-8-5(16)4(15)2(1-14)20-8/h2,4-5,8,14-16H,1,10H2,(H2,11,17)(H,12,13)(H,18,19)/t2-,4-,5-,8?/m1/s1. The van der Waals surface area contributed by atoms with Gasteiger partial charge < -0.3 is 41.0 Å². The number of carbonyl (C=O) groups excluding carboxylic acids is 1. The van der Waals surface area contributed by atoms with Gasteiger partial charge in [0.05, 0.1) is 6.61 Å². The van der Waals surface area contributed by atoms with Gasteiger partial charge in [-0.05, 0) is 0 Å². The van der Waals surface area contributed by atoms with Crippen molar-refractivity contribution in [2.75, 3.05) is 12.3 Å². The van der Waals surface area contributed by atoms with Crippen LogP contribution < -0.4 is 16.0 Å². The van der Waals surface area contributed by atoms with Gasteiger partial charge >= 0.3 is 13.8 Å². The molecule has 1 amide bonds. The number of aliphatic hydroxyl groups is 3. The highest BCUT2D eigenvalue weighted by molar-refractivity contribution is 7.47. The molecule has 0 spiro atoms. The molecule has 13 nitrogen and oxygen atoms in total. The van der Waals surface area contributed by atoms with Gasteiger partial charge in [0.2, 0.25) is 0 Å². The minimum Gasteiger partial charge on any atom is -0.394 e. The fourth-order valence-corrected chi connectivity index (χ4v) is 2.59. The fourth-order valence-electron chi connectivity index (χ4n) is 1.81. The molecule has 130 valence electrons. The molecule has 5 atom stereocenters. The average molecular weight is 354 g/mol. The van der Waals surface area contributed by atoms with Crippen molar-refractivity contribution in [1.29, 1.82) is 0 Å². The molecule has 23 heavy (non-hydrogen) atoms. The Labute approximate surface area is 128 Å². The van der Waals surface area contributed by atoms with E-state index in [1.807, 2.05) is 0 Å². The third-order valence-electron chi connectivity index (χ3n) is 2.89. The molecule has 1 aliphatic rings. The minimum atomic E-state index is -4.88. The normalized spacial score (nSPS) is 30.1. The molecule has 1 aromatic heterocycles. The van der Waals surface area contributed by atoms with Gasteiger partial charge in [-0.1, -0.05) is 0 Å². The third kappa shape index (κ3) is 3.79. The van der Waals surface area contributed by atoms with Crippen LogP contribution in [0.15, 0.2) is 0 Å². The monoisotopic (exact) mass is 354 g/mol. The number of hydrogen-bond donors (Lipinski definition) is 7. The zero-order chi connectivity index (χ0) is 17.4. The molecule has 1 aliphatic heterocycles. The molecule has 0 radical (unpaired) electrons. The maximum absolute atomic E-state index is 11.8. The molecule has 1 aromatic rings. The van der Waals surface area contributed by atoms with Crippen molar-refractivity contribution in [2.45, 2.75) is 24.6 Å². The molecule has 0 aliphatic carbocycles. The van der Waals surface area contributed by atoms with Crippen LogP contribution in [0.1, 0.15) is 10.5 Å². The highest BCUT2D eigenvalue weighted by Gasteiger charge is 2.47. The number of aromatic amines is 1. The van der Waals surface area contributed by atoms with E-state index in [0.29, 0.717) is 0 Å². The summed E-state index contributed by atoms with van der Waals surface area (Å²) in [5, 5.41) is 28.0. The maximum Gasteiger partial charge on any atom is 0.532 e. The van der Waals surface area contributed by atoms with Crippen LogP contribution in [-0.2, 0) is 13.8 Å². The molecule has 0 saturated carbocycles. The van der Waals surface area contributed by atoms with E-state index in [1.165, 1.54) is 0 Å². The highest BCUT2D eigenvalue weighted by atomic mass is 31.2. The fraction of sp³-hybridized carbons (Fsp3) is 0.556. The molecule has 0 bridgehead atoms. The lowest BCUT2D eigenvalue weighted by Gasteiger charge is -2.18. The van der Waals surface area contributed by atoms with E-state index in [2.05, 4.69) is 19.0 Å². The second kappa shape index (κ2) is 6.41. The van der Waals surface area contributed by atoms with E-state index < -0.39 is 50.9 Å². The molecular formula is C9H15N4O9P. The SMILES string of the molecule is NC(=O)c1[nH]c(OP(=O)(O)OC2O[C@H](CO)[C@@H](O)[C@H]2O)nc1N. The van der Waals surface area contributed by atoms with Crippen LogP contribution in [0, 0.1) is 0 Å². The van der Waals surface area contributed by atoms with Gasteiger partial charge in [-0.15, -0.1) is 0 Å². The van der Waals surface area contributed by atoms with Crippen molar-refractivity contribution in [2.24, 2.45) is 5.73 Å². The molecule has 1 fully saturated rings. The first-order chi connectivity index (χ1) is 10.6. The van der Waals surface area contributed by atoms with Gasteiger partial charge in [-0.25, -0.2) is 9.09 Å². The molecule has 2 heterocycles. The molecule has 14 heteroatoms. The molecule has 2 unspecified atom stereocenters. The van der Waals surface area contributed by atoms with Crippen LogP contribution in [0.3, 0.4) is 0 Å². The van der Waals surface area contributed by atoms with Crippen LogP contribution in [0.2, 0.25) is 0 Å². The van der Waals surface area contributed by atoms with Crippen molar-refractivity contribution >= 4 is 19.5 Å². The number of nitrogens with zero attached hydrogens (tertiary/aromatic N) is 1.